The molecule has 126 valence electrons. The summed E-state index contributed by atoms with van der Waals surface area (Å²) in [6, 6.07) is 6.06. The molecular formula is C18H14FN3O3. The van der Waals surface area contributed by atoms with Crippen LogP contribution in [0.3, 0.4) is 0 Å². The van der Waals surface area contributed by atoms with Gasteiger partial charge in [-0.05, 0) is 24.3 Å². The van der Waals surface area contributed by atoms with Crippen LogP contribution in [0.25, 0.3) is 11.3 Å². The monoisotopic (exact) mass is 339 g/mol. The number of amides is 1. The highest BCUT2D eigenvalue weighted by Gasteiger charge is 2.28. The van der Waals surface area contributed by atoms with Gasteiger partial charge in [0.05, 0.1) is 24.7 Å². The highest BCUT2D eigenvalue weighted by atomic mass is 19.1. The van der Waals surface area contributed by atoms with E-state index in [2.05, 4.69) is 15.3 Å². The van der Waals surface area contributed by atoms with Crippen molar-refractivity contribution in [2.75, 3.05) is 6.54 Å². The van der Waals surface area contributed by atoms with Gasteiger partial charge in [-0.25, -0.2) is 4.39 Å². The number of hydrogen-bond acceptors (Lipinski definition) is 5. The lowest BCUT2D eigenvalue weighted by Crippen LogP contribution is -2.34. The first-order chi connectivity index (χ1) is 12.2. The number of halogens is 1. The molecule has 1 aliphatic heterocycles. The predicted molar refractivity (Wildman–Crippen MR) is 86.6 cm³/mol. The van der Waals surface area contributed by atoms with Crippen molar-refractivity contribution in [2.45, 2.75) is 12.5 Å². The normalized spacial score (nSPS) is 15.5. The first-order valence-electron chi connectivity index (χ1n) is 7.78. The molecule has 1 amide bonds. The van der Waals surface area contributed by atoms with Crippen LogP contribution in [0.2, 0.25) is 0 Å². The lowest BCUT2D eigenvalue weighted by Gasteiger charge is -2.12. The second-order valence-electron chi connectivity index (χ2n) is 5.66. The number of carbonyl (C=O) groups is 1. The molecule has 0 saturated carbocycles. The summed E-state index contributed by atoms with van der Waals surface area (Å²) in [6.45, 7) is 0.287. The molecule has 3 aromatic rings. The van der Waals surface area contributed by atoms with E-state index in [4.69, 9.17) is 9.15 Å². The van der Waals surface area contributed by atoms with Gasteiger partial charge in [-0.1, -0.05) is 0 Å². The van der Waals surface area contributed by atoms with Crippen LogP contribution in [0.1, 0.15) is 16.1 Å². The smallest absolute Gasteiger partial charge is 0.287 e. The van der Waals surface area contributed by atoms with Gasteiger partial charge in [0.1, 0.15) is 17.7 Å². The molecular weight excluding hydrogens is 325 g/mol. The van der Waals surface area contributed by atoms with Crippen molar-refractivity contribution in [3.63, 3.8) is 0 Å². The number of carbonyl (C=O) groups excluding carboxylic acids is 1. The van der Waals surface area contributed by atoms with E-state index >= 15 is 0 Å². The van der Waals surface area contributed by atoms with E-state index in [0.29, 0.717) is 23.4 Å². The molecule has 25 heavy (non-hydrogen) atoms. The molecule has 2 aromatic heterocycles. The fourth-order valence-corrected chi connectivity index (χ4v) is 2.84. The topological polar surface area (TPSA) is 77.2 Å². The predicted octanol–water partition coefficient (Wildman–Crippen LogP) is 2.61. The van der Waals surface area contributed by atoms with E-state index in [1.54, 1.807) is 30.7 Å². The molecule has 1 N–H and O–H groups in total. The van der Waals surface area contributed by atoms with Crippen molar-refractivity contribution in [3.8, 4) is 17.0 Å². The third-order valence-electron chi connectivity index (χ3n) is 3.94. The Bertz CT molecular complexity index is 897. The summed E-state index contributed by atoms with van der Waals surface area (Å²) < 4.78 is 24.9. The minimum absolute atomic E-state index is 0.238. The number of hydrogen-bond donors (Lipinski definition) is 1. The quantitative estimate of drug-likeness (QED) is 0.791. The van der Waals surface area contributed by atoms with Gasteiger partial charge >= 0.3 is 0 Å². The van der Waals surface area contributed by atoms with Crippen molar-refractivity contribution in [1.29, 1.82) is 0 Å². The maximum absolute atomic E-state index is 13.9. The Kier molecular flexibility index (Phi) is 3.89. The molecule has 1 aromatic carbocycles. The zero-order chi connectivity index (χ0) is 17.2. The van der Waals surface area contributed by atoms with E-state index in [1.807, 2.05) is 0 Å². The minimum Gasteiger partial charge on any atom is -0.487 e. The SMILES string of the molecule is O=C(NCC1Cc2cc(F)cc(-c3cnccn3)c2O1)c1ccco1. The summed E-state index contributed by atoms with van der Waals surface area (Å²) in [5.74, 6) is 0.147. The molecule has 1 unspecified atom stereocenters. The molecule has 0 spiro atoms. The van der Waals surface area contributed by atoms with Crippen molar-refractivity contribution < 1.29 is 18.3 Å². The summed E-state index contributed by atoms with van der Waals surface area (Å²) in [5, 5.41) is 2.76. The Morgan fingerprint density at radius 1 is 1.36 bits per heavy atom. The van der Waals surface area contributed by atoms with Gasteiger partial charge in [-0.15, -0.1) is 0 Å². The molecule has 1 atom stereocenters. The van der Waals surface area contributed by atoms with E-state index in [-0.39, 0.29) is 30.1 Å². The number of ether oxygens (including phenoxy) is 1. The molecule has 0 aliphatic carbocycles. The maximum Gasteiger partial charge on any atom is 0.287 e. The van der Waals surface area contributed by atoms with Gasteiger partial charge in [0.2, 0.25) is 0 Å². The molecule has 0 fully saturated rings. The second-order valence-corrected chi connectivity index (χ2v) is 5.66. The Labute approximate surface area is 142 Å². The van der Waals surface area contributed by atoms with E-state index in [1.165, 1.54) is 18.4 Å². The van der Waals surface area contributed by atoms with Crippen molar-refractivity contribution in [2.24, 2.45) is 0 Å². The summed E-state index contributed by atoms with van der Waals surface area (Å²) in [6.07, 6.45) is 6.31. The number of fused-ring (bicyclic) bond motifs is 1. The molecule has 4 rings (SSSR count). The summed E-state index contributed by atoms with van der Waals surface area (Å²) in [5.41, 5.74) is 1.85. The number of rotatable bonds is 4. The summed E-state index contributed by atoms with van der Waals surface area (Å²) in [7, 11) is 0. The number of benzene rings is 1. The van der Waals surface area contributed by atoms with E-state index in [9.17, 15) is 9.18 Å². The van der Waals surface area contributed by atoms with Crippen LogP contribution in [0.5, 0.6) is 5.75 Å². The highest BCUT2D eigenvalue weighted by Crippen LogP contribution is 2.38. The zero-order valence-corrected chi connectivity index (χ0v) is 13.1. The van der Waals surface area contributed by atoms with Crippen LogP contribution >= 0.6 is 0 Å². The first-order valence-corrected chi connectivity index (χ1v) is 7.78. The fraction of sp³-hybridized carbons (Fsp3) is 0.167. The van der Waals surface area contributed by atoms with Crippen LogP contribution < -0.4 is 10.1 Å². The molecule has 7 heteroatoms. The Morgan fingerprint density at radius 3 is 3.04 bits per heavy atom. The summed E-state index contributed by atoms with van der Waals surface area (Å²) >= 11 is 0. The Balaban J connectivity index is 1.51. The number of furan rings is 1. The van der Waals surface area contributed by atoms with Crippen molar-refractivity contribution in [3.05, 3.63) is 66.3 Å². The van der Waals surface area contributed by atoms with Crippen LogP contribution in [-0.4, -0.2) is 28.5 Å². The lowest BCUT2D eigenvalue weighted by atomic mass is 10.0. The number of aromatic nitrogens is 2. The number of nitrogens with one attached hydrogen (secondary N) is 1. The third-order valence-corrected chi connectivity index (χ3v) is 3.94. The average Bonchev–Trinajstić information content (AvgIpc) is 3.29. The van der Waals surface area contributed by atoms with Gasteiger partial charge < -0.3 is 14.5 Å². The van der Waals surface area contributed by atoms with Gasteiger partial charge in [0.25, 0.3) is 5.91 Å². The van der Waals surface area contributed by atoms with Gasteiger partial charge in [-0.3, -0.25) is 14.8 Å². The molecule has 0 saturated heterocycles. The van der Waals surface area contributed by atoms with Gasteiger partial charge in [0.15, 0.2) is 5.76 Å². The maximum atomic E-state index is 13.9. The number of nitrogens with zero attached hydrogens (tertiary/aromatic N) is 2. The molecule has 6 nitrogen and oxygen atoms in total. The van der Waals surface area contributed by atoms with Crippen LogP contribution in [-0.2, 0) is 6.42 Å². The average molecular weight is 339 g/mol. The van der Waals surface area contributed by atoms with Crippen LogP contribution in [0, 0.1) is 5.82 Å². The standard InChI is InChI=1S/C18H14FN3O3/c19-12-6-11-7-13(9-22-18(23)16-2-1-5-24-16)25-17(11)14(8-12)15-10-20-3-4-21-15/h1-6,8,10,13H,7,9H2,(H,22,23). The molecule has 0 radical (unpaired) electrons. The zero-order valence-electron chi connectivity index (χ0n) is 13.1. The van der Waals surface area contributed by atoms with Gasteiger partial charge in [-0.2, -0.15) is 0 Å². The summed E-state index contributed by atoms with van der Waals surface area (Å²) in [4.78, 5) is 20.2. The Hall–Kier alpha value is -3.22. The van der Waals surface area contributed by atoms with Crippen molar-refractivity contribution >= 4 is 5.91 Å². The lowest BCUT2D eigenvalue weighted by molar-refractivity contribution is 0.0906. The fourth-order valence-electron chi connectivity index (χ4n) is 2.84. The van der Waals surface area contributed by atoms with E-state index in [0.717, 1.165) is 5.56 Å². The van der Waals surface area contributed by atoms with Crippen LogP contribution in [0.4, 0.5) is 4.39 Å². The van der Waals surface area contributed by atoms with E-state index < -0.39 is 0 Å². The first kappa shape index (κ1) is 15.3. The largest absolute Gasteiger partial charge is 0.487 e. The minimum atomic E-state index is -0.358. The molecule has 3 heterocycles. The highest BCUT2D eigenvalue weighted by molar-refractivity contribution is 5.91. The van der Waals surface area contributed by atoms with Crippen LogP contribution in [0.15, 0.2) is 53.5 Å². The third kappa shape index (κ3) is 3.08. The van der Waals surface area contributed by atoms with Crippen molar-refractivity contribution in [1.82, 2.24) is 15.3 Å². The Morgan fingerprint density at radius 2 is 2.28 bits per heavy atom. The molecule has 1 aliphatic rings. The molecule has 0 bridgehead atoms. The van der Waals surface area contributed by atoms with Gasteiger partial charge in [0, 0.05) is 29.9 Å². The second kappa shape index (κ2) is 6.35.